The minimum Gasteiger partial charge on any atom is -0.495 e. The molecule has 6 heteroatoms. The van der Waals surface area contributed by atoms with Gasteiger partial charge >= 0.3 is 5.97 Å². The Kier molecular flexibility index (Phi) is 5.25. The zero-order valence-corrected chi connectivity index (χ0v) is 14.4. The van der Waals surface area contributed by atoms with Crippen molar-refractivity contribution in [3.8, 4) is 5.75 Å². The van der Waals surface area contributed by atoms with Crippen molar-refractivity contribution in [1.82, 2.24) is 0 Å². The Bertz CT molecular complexity index is 657. The molecule has 0 fully saturated rings. The topological polar surface area (TPSA) is 58.6 Å². The molecule has 4 nitrogen and oxygen atoms in total. The maximum Gasteiger partial charge on any atom is 0.335 e. The Morgan fingerprint density at radius 2 is 1.86 bits per heavy atom. The van der Waals surface area contributed by atoms with Gasteiger partial charge in [0.2, 0.25) is 0 Å². The van der Waals surface area contributed by atoms with Gasteiger partial charge in [-0.25, -0.2) is 4.79 Å². The van der Waals surface area contributed by atoms with Gasteiger partial charge in [-0.15, -0.1) is 0 Å². The number of ether oxygens (including phenoxy) is 1. The molecule has 0 heterocycles. The molecule has 0 saturated carbocycles. The van der Waals surface area contributed by atoms with E-state index in [1.54, 1.807) is 31.4 Å². The number of carboxylic acid groups (broad SMARTS) is 1. The summed E-state index contributed by atoms with van der Waals surface area (Å²) in [6.07, 6.45) is 0. The lowest BCUT2D eigenvalue weighted by Crippen LogP contribution is -2.02. The molecular weight excluding hydrogens is 402 g/mol. The van der Waals surface area contributed by atoms with Crippen LogP contribution in [-0.2, 0) is 6.54 Å². The third-order valence-corrected chi connectivity index (χ3v) is 4.20. The zero-order chi connectivity index (χ0) is 15.4. The van der Waals surface area contributed by atoms with Crippen molar-refractivity contribution in [2.75, 3.05) is 12.4 Å². The van der Waals surface area contributed by atoms with Gasteiger partial charge < -0.3 is 15.2 Å². The molecule has 0 aliphatic heterocycles. The van der Waals surface area contributed by atoms with Crippen LogP contribution in [0.5, 0.6) is 5.75 Å². The van der Waals surface area contributed by atoms with Gasteiger partial charge in [-0.05, 0) is 55.6 Å². The first-order chi connectivity index (χ1) is 10.0. The van der Waals surface area contributed by atoms with Crippen LogP contribution in [0.3, 0.4) is 0 Å². The van der Waals surface area contributed by atoms with Gasteiger partial charge in [-0.2, -0.15) is 0 Å². The molecule has 21 heavy (non-hydrogen) atoms. The summed E-state index contributed by atoms with van der Waals surface area (Å²) in [5, 5.41) is 12.1. The van der Waals surface area contributed by atoms with Crippen molar-refractivity contribution >= 4 is 43.5 Å². The first kappa shape index (κ1) is 15.9. The second-order valence-electron chi connectivity index (χ2n) is 4.32. The average Bonchev–Trinajstić information content (AvgIpc) is 2.47. The molecule has 2 rings (SSSR count). The number of carboxylic acids is 1. The summed E-state index contributed by atoms with van der Waals surface area (Å²) in [6.45, 7) is 0.587. The molecule has 2 N–H and O–H groups in total. The SMILES string of the molecule is COc1cc(NCc2ccc(C(=O)O)cc2)c(Br)cc1Br. The number of hydrogen-bond donors (Lipinski definition) is 2. The highest BCUT2D eigenvalue weighted by Crippen LogP contribution is 2.34. The predicted octanol–water partition coefficient (Wildman–Crippen LogP) is 4.53. The first-order valence-electron chi connectivity index (χ1n) is 6.10. The van der Waals surface area contributed by atoms with Crippen LogP contribution < -0.4 is 10.1 Å². The van der Waals surface area contributed by atoms with Gasteiger partial charge in [0.25, 0.3) is 0 Å². The van der Waals surface area contributed by atoms with Gasteiger partial charge in [0.1, 0.15) is 5.75 Å². The van der Waals surface area contributed by atoms with Crippen LogP contribution in [0.4, 0.5) is 5.69 Å². The van der Waals surface area contributed by atoms with Crippen LogP contribution in [0, 0.1) is 0 Å². The quantitative estimate of drug-likeness (QED) is 0.754. The molecule has 0 aromatic heterocycles. The van der Waals surface area contributed by atoms with Gasteiger partial charge in [0.05, 0.1) is 22.8 Å². The molecule has 2 aromatic rings. The minimum atomic E-state index is -0.921. The number of hydrogen-bond acceptors (Lipinski definition) is 3. The lowest BCUT2D eigenvalue weighted by atomic mass is 10.1. The van der Waals surface area contributed by atoms with E-state index in [1.807, 2.05) is 12.1 Å². The van der Waals surface area contributed by atoms with E-state index in [1.165, 1.54) is 0 Å². The number of carbonyl (C=O) groups is 1. The average molecular weight is 415 g/mol. The summed E-state index contributed by atoms with van der Waals surface area (Å²) >= 11 is 6.91. The van der Waals surface area contributed by atoms with E-state index >= 15 is 0 Å². The number of aromatic carboxylic acids is 1. The molecule has 0 atom stereocenters. The van der Waals surface area contributed by atoms with Crippen LogP contribution in [0.1, 0.15) is 15.9 Å². The fourth-order valence-electron chi connectivity index (χ4n) is 1.78. The Balaban J connectivity index is 2.10. The van der Waals surface area contributed by atoms with Gasteiger partial charge in [0.15, 0.2) is 0 Å². The fraction of sp³-hybridized carbons (Fsp3) is 0.133. The predicted molar refractivity (Wildman–Crippen MR) is 89.1 cm³/mol. The van der Waals surface area contributed by atoms with Crippen LogP contribution in [0.15, 0.2) is 45.3 Å². The molecule has 2 aromatic carbocycles. The molecule has 0 amide bonds. The zero-order valence-electron chi connectivity index (χ0n) is 11.2. The van der Waals surface area contributed by atoms with Crippen LogP contribution in [-0.4, -0.2) is 18.2 Å². The summed E-state index contributed by atoms with van der Waals surface area (Å²) in [7, 11) is 1.61. The number of rotatable bonds is 5. The van der Waals surface area contributed by atoms with Crippen LogP contribution in [0.2, 0.25) is 0 Å². The molecular formula is C15H13Br2NO3. The van der Waals surface area contributed by atoms with Crippen molar-refractivity contribution in [2.45, 2.75) is 6.54 Å². The fourth-order valence-corrected chi connectivity index (χ4v) is 3.08. The molecule has 0 bridgehead atoms. The molecule has 0 unspecified atom stereocenters. The second kappa shape index (κ2) is 6.95. The van der Waals surface area contributed by atoms with E-state index in [0.717, 1.165) is 25.9 Å². The van der Waals surface area contributed by atoms with Crippen molar-refractivity contribution in [1.29, 1.82) is 0 Å². The largest absolute Gasteiger partial charge is 0.495 e. The van der Waals surface area contributed by atoms with Crippen molar-refractivity contribution in [3.63, 3.8) is 0 Å². The van der Waals surface area contributed by atoms with E-state index < -0.39 is 5.97 Å². The smallest absolute Gasteiger partial charge is 0.335 e. The van der Waals surface area contributed by atoms with Gasteiger partial charge in [-0.3, -0.25) is 0 Å². The summed E-state index contributed by atoms with van der Waals surface area (Å²) in [5.74, 6) is -0.183. The van der Waals surface area contributed by atoms with E-state index in [9.17, 15) is 4.79 Å². The number of nitrogens with one attached hydrogen (secondary N) is 1. The Morgan fingerprint density at radius 1 is 1.19 bits per heavy atom. The molecule has 0 aliphatic carbocycles. The van der Waals surface area contributed by atoms with Crippen LogP contribution in [0.25, 0.3) is 0 Å². The number of methoxy groups -OCH3 is 1. The first-order valence-corrected chi connectivity index (χ1v) is 7.69. The highest BCUT2D eigenvalue weighted by atomic mass is 79.9. The van der Waals surface area contributed by atoms with Gasteiger partial charge in [0, 0.05) is 17.1 Å². The third-order valence-electron chi connectivity index (χ3n) is 2.93. The van der Waals surface area contributed by atoms with Crippen molar-refractivity contribution in [3.05, 3.63) is 56.5 Å². The summed E-state index contributed by atoms with van der Waals surface area (Å²) in [5.41, 5.74) is 2.18. The number of anilines is 1. The highest BCUT2D eigenvalue weighted by molar-refractivity contribution is 9.11. The van der Waals surface area contributed by atoms with E-state index in [-0.39, 0.29) is 5.56 Å². The lowest BCUT2D eigenvalue weighted by Gasteiger charge is -2.12. The maximum absolute atomic E-state index is 10.8. The van der Waals surface area contributed by atoms with E-state index in [2.05, 4.69) is 37.2 Å². The Hall–Kier alpha value is -1.53. The lowest BCUT2D eigenvalue weighted by molar-refractivity contribution is 0.0697. The molecule has 0 aliphatic rings. The van der Waals surface area contributed by atoms with E-state index in [4.69, 9.17) is 9.84 Å². The molecule has 0 saturated heterocycles. The minimum absolute atomic E-state index is 0.283. The highest BCUT2D eigenvalue weighted by Gasteiger charge is 2.07. The summed E-state index contributed by atoms with van der Waals surface area (Å²) in [4.78, 5) is 10.8. The van der Waals surface area contributed by atoms with Crippen LogP contribution >= 0.6 is 31.9 Å². The monoisotopic (exact) mass is 413 g/mol. The third kappa shape index (κ3) is 3.98. The molecule has 110 valence electrons. The van der Waals surface area contributed by atoms with Gasteiger partial charge in [-0.1, -0.05) is 12.1 Å². The number of halogens is 2. The Morgan fingerprint density at radius 3 is 2.43 bits per heavy atom. The van der Waals surface area contributed by atoms with E-state index in [0.29, 0.717) is 6.54 Å². The summed E-state index contributed by atoms with van der Waals surface area (Å²) < 4.78 is 7.04. The normalized spacial score (nSPS) is 10.2. The maximum atomic E-state index is 10.8. The summed E-state index contributed by atoms with van der Waals surface area (Å²) in [6, 6.07) is 10.6. The number of benzene rings is 2. The molecule has 0 radical (unpaired) electrons. The molecule has 0 spiro atoms. The standard InChI is InChI=1S/C15H13Br2NO3/c1-21-14-7-13(11(16)6-12(14)17)18-8-9-2-4-10(5-3-9)15(19)20/h2-7,18H,8H2,1H3,(H,19,20). The second-order valence-corrected chi connectivity index (χ2v) is 6.03. The van der Waals surface area contributed by atoms with Crippen molar-refractivity contribution in [2.24, 2.45) is 0 Å². The van der Waals surface area contributed by atoms with Crippen molar-refractivity contribution < 1.29 is 14.6 Å². The Labute approximate surface area is 139 Å².